The molecule has 1 heterocycles. The molecule has 0 spiro atoms. The topological polar surface area (TPSA) is 70.7 Å². The van der Waals surface area contributed by atoms with Crippen molar-refractivity contribution in [1.82, 2.24) is 10.2 Å². The van der Waals surface area contributed by atoms with Gasteiger partial charge in [-0.2, -0.15) is 0 Å². The van der Waals surface area contributed by atoms with Gasteiger partial charge in [-0.05, 0) is 53.9 Å². The van der Waals surface area contributed by atoms with Crippen LogP contribution >= 0.6 is 12.2 Å². The Hall–Kier alpha value is -3.97. The Morgan fingerprint density at radius 3 is 2.03 bits per heavy atom. The average molecular weight is 528 g/mol. The smallest absolute Gasteiger partial charge is 0.338 e. The first-order valence-electron chi connectivity index (χ1n) is 12.7. The zero-order valence-electron chi connectivity index (χ0n) is 22.1. The first-order chi connectivity index (χ1) is 18.3. The molecule has 7 heteroatoms. The van der Waals surface area contributed by atoms with E-state index in [0.717, 1.165) is 22.4 Å². The lowest BCUT2D eigenvalue weighted by molar-refractivity contribution is -0.140. The molecule has 0 fully saturated rings. The lowest BCUT2D eigenvalue weighted by atomic mass is 9.90. The molecule has 196 valence electrons. The van der Waals surface area contributed by atoms with Gasteiger partial charge >= 0.3 is 5.97 Å². The molecule has 2 N–H and O–H groups in total. The largest absolute Gasteiger partial charge is 0.462 e. The van der Waals surface area contributed by atoms with Crippen molar-refractivity contribution >= 4 is 34.9 Å². The molecular formula is C31H33N3O3S. The summed E-state index contributed by atoms with van der Waals surface area (Å²) in [5.41, 5.74) is 4.61. The number of esters is 1. The monoisotopic (exact) mass is 527 g/mol. The molecule has 3 aromatic rings. The first kappa shape index (κ1) is 27.1. The van der Waals surface area contributed by atoms with Gasteiger partial charge in [0.25, 0.3) is 0 Å². The Morgan fingerprint density at radius 2 is 1.50 bits per heavy atom. The molecule has 1 unspecified atom stereocenters. The van der Waals surface area contributed by atoms with E-state index in [1.54, 1.807) is 4.90 Å². The summed E-state index contributed by atoms with van der Waals surface area (Å²) in [4.78, 5) is 28.3. The van der Waals surface area contributed by atoms with Gasteiger partial charge in [0.2, 0.25) is 5.91 Å². The van der Waals surface area contributed by atoms with Crippen molar-refractivity contribution in [3.8, 4) is 0 Å². The van der Waals surface area contributed by atoms with Crippen LogP contribution in [0.15, 0.2) is 96.2 Å². The normalized spacial score (nSPS) is 15.5. The minimum absolute atomic E-state index is 0.123. The van der Waals surface area contributed by atoms with Crippen molar-refractivity contribution < 1.29 is 14.3 Å². The van der Waals surface area contributed by atoms with Crippen LogP contribution < -0.4 is 10.6 Å². The third-order valence-corrected chi connectivity index (χ3v) is 6.95. The van der Waals surface area contributed by atoms with Gasteiger partial charge in [-0.1, -0.05) is 86.6 Å². The minimum Gasteiger partial charge on any atom is -0.462 e. The van der Waals surface area contributed by atoms with E-state index in [1.165, 1.54) is 0 Å². The SMILES string of the molecule is CC1=C(C(=O)OCC(C)C)C(c2ccc(NC(=O)C(c3ccccc3)c3ccccc3)cc2)NC(=S)N1C. The Kier molecular flexibility index (Phi) is 8.59. The molecule has 1 aliphatic heterocycles. The van der Waals surface area contributed by atoms with Gasteiger partial charge in [0, 0.05) is 18.4 Å². The predicted octanol–water partition coefficient (Wildman–Crippen LogP) is 5.79. The number of rotatable bonds is 8. The van der Waals surface area contributed by atoms with E-state index in [2.05, 4.69) is 10.6 Å². The number of carbonyl (C=O) groups is 2. The van der Waals surface area contributed by atoms with Crippen LogP contribution in [-0.2, 0) is 14.3 Å². The van der Waals surface area contributed by atoms with Gasteiger partial charge in [-0.15, -0.1) is 0 Å². The Labute approximate surface area is 229 Å². The second-order valence-electron chi connectivity index (χ2n) is 9.80. The molecule has 38 heavy (non-hydrogen) atoms. The summed E-state index contributed by atoms with van der Waals surface area (Å²) >= 11 is 5.50. The molecule has 1 amide bonds. The summed E-state index contributed by atoms with van der Waals surface area (Å²) in [5.74, 6) is -0.707. The number of ether oxygens (including phenoxy) is 1. The van der Waals surface area contributed by atoms with Crippen LogP contribution in [0.25, 0.3) is 0 Å². The third-order valence-electron chi connectivity index (χ3n) is 6.56. The molecular weight excluding hydrogens is 494 g/mol. The molecule has 3 aromatic carbocycles. The highest BCUT2D eigenvalue weighted by Crippen LogP contribution is 2.32. The van der Waals surface area contributed by atoms with Gasteiger partial charge in [-0.3, -0.25) is 4.79 Å². The average Bonchev–Trinajstić information content (AvgIpc) is 2.92. The quantitative estimate of drug-likeness (QED) is 0.285. The molecule has 0 bridgehead atoms. The number of carbonyl (C=O) groups excluding carboxylic acids is 2. The van der Waals surface area contributed by atoms with Crippen LogP contribution in [0.3, 0.4) is 0 Å². The number of benzene rings is 3. The second-order valence-corrected chi connectivity index (χ2v) is 10.2. The fourth-order valence-corrected chi connectivity index (χ4v) is 4.68. The van der Waals surface area contributed by atoms with Crippen LogP contribution in [-0.4, -0.2) is 35.5 Å². The fraction of sp³-hybridized carbons (Fsp3) is 0.258. The van der Waals surface area contributed by atoms with Crippen molar-refractivity contribution in [3.63, 3.8) is 0 Å². The molecule has 0 aromatic heterocycles. The van der Waals surface area contributed by atoms with Gasteiger partial charge in [-0.25, -0.2) is 4.79 Å². The summed E-state index contributed by atoms with van der Waals surface area (Å²) in [5, 5.41) is 6.85. The van der Waals surface area contributed by atoms with Gasteiger partial charge in [0.05, 0.1) is 24.1 Å². The predicted molar refractivity (Wildman–Crippen MR) is 155 cm³/mol. The van der Waals surface area contributed by atoms with E-state index in [1.807, 2.05) is 113 Å². The van der Waals surface area contributed by atoms with Gasteiger partial charge in [0.1, 0.15) is 0 Å². The van der Waals surface area contributed by atoms with Gasteiger partial charge < -0.3 is 20.3 Å². The molecule has 0 saturated carbocycles. The van der Waals surface area contributed by atoms with E-state index < -0.39 is 12.0 Å². The summed E-state index contributed by atoms with van der Waals surface area (Å²) < 4.78 is 5.57. The summed E-state index contributed by atoms with van der Waals surface area (Å²) in [6, 6.07) is 26.5. The van der Waals surface area contributed by atoms with Crippen LogP contribution in [0.4, 0.5) is 5.69 Å². The number of thiocarbonyl (C=S) groups is 1. The van der Waals surface area contributed by atoms with Crippen molar-refractivity contribution in [2.45, 2.75) is 32.7 Å². The molecule has 1 aliphatic rings. The van der Waals surface area contributed by atoms with E-state index in [9.17, 15) is 9.59 Å². The van der Waals surface area contributed by atoms with Crippen LogP contribution in [0, 0.1) is 5.92 Å². The van der Waals surface area contributed by atoms with E-state index in [0.29, 0.717) is 23.0 Å². The highest BCUT2D eigenvalue weighted by Gasteiger charge is 2.33. The molecule has 0 radical (unpaired) electrons. The van der Waals surface area contributed by atoms with Crippen molar-refractivity contribution in [3.05, 3.63) is 113 Å². The van der Waals surface area contributed by atoms with Crippen molar-refractivity contribution in [2.24, 2.45) is 5.92 Å². The standard InChI is InChI=1S/C31H33N3O3S/c1-20(2)19-37-30(36)26-21(3)34(4)31(38)33-28(26)24-15-17-25(18-16-24)32-29(35)27(22-11-7-5-8-12-22)23-13-9-6-10-14-23/h5-18,20,27-28H,19H2,1-4H3,(H,32,35)(H,33,38). The Bertz CT molecular complexity index is 1280. The molecule has 0 saturated heterocycles. The maximum absolute atomic E-state index is 13.5. The third kappa shape index (κ3) is 6.11. The van der Waals surface area contributed by atoms with Crippen LogP contribution in [0.5, 0.6) is 0 Å². The zero-order chi connectivity index (χ0) is 27.2. The van der Waals surface area contributed by atoms with E-state index >= 15 is 0 Å². The molecule has 1 atom stereocenters. The van der Waals surface area contributed by atoms with Crippen LogP contribution in [0.2, 0.25) is 0 Å². The first-order valence-corrected chi connectivity index (χ1v) is 13.1. The van der Waals surface area contributed by atoms with E-state index in [4.69, 9.17) is 17.0 Å². The molecule has 4 rings (SSSR count). The van der Waals surface area contributed by atoms with Gasteiger partial charge in [0.15, 0.2) is 5.11 Å². The number of hydrogen-bond donors (Lipinski definition) is 2. The Morgan fingerprint density at radius 1 is 0.947 bits per heavy atom. The molecule has 0 aliphatic carbocycles. The summed E-state index contributed by atoms with van der Waals surface area (Å²) in [6.45, 7) is 6.21. The number of nitrogens with zero attached hydrogens (tertiary/aromatic N) is 1. The maximum Gasteiger partial charge on any atom is 0.338 e. The maximum atomic E-state index is 13.5. The van der Waals surface area contributed by atoms with E-state index in [-0.39, 0.29) is 17.8 Å². The number of allylic oxidation sites excluding steroid dienone is 1. The molecule has 6 nitrogen and oxygen atoms in total. The lowest BCUT2D eigenvalue weighted by Crippen LogP contribution is -2.46. The number of amides is 1. The fourth-order valence-electron chi connectivity index (χ4n) is 4.43. The number of anilines is 1. The Balaban J connectivity index is 1.58. The van der Waals surface area contributed by atoms with Crippen molar-refractivity contribution in [1.29, 1.82) is 0 Å². The highest BCUT2D eigenvalue weighted by molar-refractivity contribution is 7.80. The highest BCUT2D eigenvalue weighted by atomic mass is 32.1. The lowest BCUT2D eigenvalue weighted by Gasteiger charge is -2.35. The summed E-state index contributed by atoms with van der Waals surface area (Å²) in [6.07, 6.45) is 0. The second kappa shape index (κ2) is 12.0. The number of nitrogens with one attached hydrogen (secondary N) is 2. The zero-order valence-corrected chi connectivity index (χ0v) is 22.9. The van der Waals surface area contributed by atoms with Crippen LogP contribution in [0.1, 0.15) is 49.4 Å². The number of hydrogen-bond acceptors (Lipinski definition) is 4. The minimum atomic E-state index is -0.454. The van der Waals surface area contributed by atoms with Crippen molar-refractivity contribution in [2.75, 3.05) is 19.0 Å². The summed E-state index contributed by atoms with van der Waals surface area (Å²) in [7, 11) is 1.82.